The number of sulfone groups is 1. The van der Waals surface area contributed by atoms with E-state index in [1.807, 2.05) is 0 Å². The van der Waals surface area contributed by atoms with Gasteiger partial charge in [-0.15, -0.1) is 0 Å². The second-order valence-electron chi connectivity index (χ2n) is 8.02. The number of ether oxygens (including phenoxy) is 1. The Morgan fingerprint density at radius 1 is 0.947 bits per heavy atom. The van der Waals surface area contributed by atoms with Gasteiger partial charge in [0.2, 0.25) is 15.7 Å². The first-order valence-electron chi connectivity index (χ1n) is 11.1. The molecule has 0 radical (unpaired) electrons. The second kappa shape index (κ2) is 12.5. The minimum atomic E-state index is -6.86. The molecule has 0 aliphatic rings. The molecule has 0 saturated heterocycles. The van der Waals surface area contributed by atoms with Crippen molar-refractivity contribution in [3.63, 3.8) is 0 Å². The lowest BCUT2D eigenvalue weighted by molar-refractivity contribution is -0.245. The molecule has 1 unspecified atom stereocenters. The molecule has 1 atom stereocenters. The average Bonchev–Trinajstić information content (AvgIpc) is 2.83. The number of hydrogen-bond acceptors (Lipinski definition) is 8. The summed E-state index contributed by atoms with van der Waals surface area (Å²) in [7, 11) is -12.9. The number of halogens is 6. The lowest BCUT2D eigenvalue weighted by Gasteiger charge is -2.31. The first-order chi connectivity index (χ1) is 17.3. The van der Waals surface area contributed by atoms with Crippen molar-refractivity contribution in [1.29, 1.82) is 0 Å². The molecule has 0 spiro atoms. The molecule has 17 heteroatoms. The quantitative estimate of drug-likeness (QED) is 0.185. The normalized spacial score (nSPS) is 14.0. The average molecular weight is 600 g/mol. The first kappa shape index (κ1) is 33.5. The van der Waals surface area contributed by atoms with E-state index < -0.39 is 59.8 Å². The molecule has 0 aliphatic carbocycles. The summed E-state index contributed by atoms with van der Waals surface area (Å²) in [6.45, 7) is 3.89. The van der Waals surface area contributed by atoms with E-state index in [4.69, 9.17) is 4.74 Å². The van der Waals surface area contributed by atoms with Gasteiger partial charge in [-0.3, -0.25) is 9.59 Å². The number of carbonyl (C=O) groups is 2. The summed E-state index contributed by atoms with van der Waals surface area (Å²) in [5.74, 6) is -10.7. The van der Waals surface area contributed by atoms with Crippen LogP contribution in [0.25, 0.3) is 0 Å². The summed E-state index contributed by atoms with van der Waals surface area (Å²) in [4.78, 5) is 23.3. The van der Waals surface area contributed by atoms with Crippen LogP contribution >= 0.6 is 0 Å². The molecule has 1 aromatic carbocycles. The van der Waals surface area contributed by atoms with E-state index in [2.05, 4.69) is 9.50 Å². The summed E-state index contributed by atoms with van der Waals surface area (Å²) in [5.41, 5.74) is 0.399. The zero-order chi connectivity index (χ0) is 29.6. The number of rotatable bonds is 15. The van der Waals surface area contributed by atoms with E-state index in [9.17, 15) is 52.8 Å². The second-order valence-corrected chi connectivity index (χ2v) is 11.9. The molecule has 0 saturated carbocycles. The van der Waals surface area contributed by atoms with Gasteiger partial charge in [0.05, 0.1) is 18.1 Å². The van der Waals surface area contributed by atoms with Gasteiger partial charge in [0.1, 0.15) is 12.4 Å². The smallest absolute Gasteiger partial charge is 0.450 e. The maximum atomic E-state index is 14.1. The Balaban J connectivity index is 2.77. The Morgan fingerprint density at radius 2 is 1.50 bits per heavy atom. The van der Waals surface area contributed by atoms with E-state index >= 15 is 0 Å². The molecule has 218 valence electrons. The highest BCUT2D eigenvalue weighted by Crippen LogP contribution is 2.51. The third-order valence-electron chi connectivity index (χ3n) is 5.27. The fraction of sp³-hybridized carbons (Fsp3) is 0.619. The zero-order valence-electron chi connectivity index (χ0n) is 20.5. The number of amides is 1. The van der Waals surface area contributed by atoms with Crippen molar-refractivity contribution in [2.24, 2.45) is 5.92 Å². The van der Waals surface area contributed by atoms with Gasteiger partial charge in [0, 0.05) is 6.54 Å². The van der Waals surface area contributed by atoms with Gasteiger partial charge in [-0.05, 0) is 30.5 Å². The van der Waals surface area contributed by atoms with Crippen LogP contribution in [0.3, 0.4) is 0 Å². The van der Waals surface area contributed by atoms with Gasteiger partial charge in [0.15, 0.2) is 0 Å². The number of esters is 1. The number of alkyl halides is 6. The zero-order valence-corrected chi connectivity index (χ0v) is 22.1. The molecular weight excluding hydrogens is 572 g/mol. The molecule has 0 heterocycles. The fourth-order valence-electron chi connectivity index (χ4n) is 2.58. The van der Waals surface area contributed by atoms with Crippen LogP contribution in [0.15, 0.2) is 24.3 Å². The minimum Gasteiger partial charge on any atom is -0.465 e. The minimum absolute atomic E-state index is 0.0575. The number of nitrogens with one attached hydrogen (secondary N) is 1. The molecule has 1 N–H and O–H groups in total. The van der Waals surface area contributed by atoms with Crippen LogP contribution in [0.1, 0.15) is 39.2 Å². The Hall–Kier alpha value is -2.56. The predicted octanol–water partition coefficient (Wildman–Crippen LogP) is 3.29. The fourth-order valence-corrected chi connectivity index (χ4v) is 4.44. The SMILES string of the molecule is CCC(C)C(=O)OCCC(=O)NCCc1ccc(OS(=O)(=O)C(F)(F)C(F)(F)C(F)(F)S(=O)(=O)CC)cc1. The number of benzene rings is 1. The van der Waals surface area contributed by atoms with Gasteiger partial charge in [-0.1, -0.05) is 32.9 Å². The highest BCUT2D eigenvalue weighted by Gasteiger charge is 2.82. The Morgan fingerprint density at radius 3 is 2.00 bits per heavy atom. The van der Waals surface area contributed by atoms with E-state index in [1.54, 1.807) is 13.8 Å². The molecule has 9 nitrogen and oxygen atoms in total. The van der Waals surface area contributed by atoms with Crippen LogP contribution in [-0.4, -0.2) is 64.0 Å². The number of carbonyl (C=O) groups excluding carboxylic acids is 2. The van der Waals surface area contributed by atoms with E-state index in [1.165, 1.54) is 0 Å². The Kier molecular flexibility index (Phi) is 11.0. The summed E-state index contributed by atoms with van der Waals surface area (Å²) in [6.07, 6.45) is 0.611. The number of hydrogen-bond donors (Lipinski definition) is 1. The van der Waals surface area contributed by atoms with Crippen LogP contribution in [0.4, 0.5) is 26.3 Å². The lowest BCUT2D eigenvalue weighted by atomic mass is 10.1. The Bertz CT molecular complexity index is 1190. The monoisotopic (exact) mass is 599 g/mol. The standard InChI is InChI=1S/C21H27F6NO8S2/c1-4-14(3)18(30)35-13-11-17(29)28-12-10-15-6-8-16(9-7-15)36-38(33,34)21(26,27)19(22,23)20(24,25)37(31,32)5-2/h6-9,14H,4-5,10-13H2,1-3H3,(H,28,29). The maximum absolute atomic E-state index is 14.1. The third kappa shape index (κ3) is 7.30. The van der Waals surface area contributed by atoms with Crippen molar-refractivity contribution >= 4 is 31.8 Å². The van der Waals surface area contributed by atoms with E-state index in [0.717, 1.165) is 24.3 Å². The highest BCUT2D eigenvalue weighted by molar-refractivity contribution is 7.92. The van der Waals surface area contributed by atoms with Crippen molar-refractivity contribution < 1.29 is 61.7 Å². The lowest BCUT2D eigenvalue weighted by Crippen LogP contribution is -2.61. The molecule has 0 fully saturated rings. The van der Waals surface area contributed by atoms with Gasteiger partial charge < -0.3 is 14.2 Å². The Labute approximate surface area is 215 Å². The van der Waals surface area contributed by atoms with Gasteiger partial charge >= 0.3 is 32.5 Å². The van der Waals surface area contributed by atoms with Crippen LogP contribution in [-0.2, 0) is 40.7 Å². The summed E-state index contributed by atoms with van der Waals surface area (Å²) in [6, 6.07) is 3.77. The van der Waals surface area contributed by atoms with Crippen molar-refractivity contribution in [2.45, 2.75) is 56.5 Å². The van der Waals surface area contributed by atoms with Crippen molar-refractivity contribution in [1.82, 2.24) is 5.32 Å². The largest absolute Gasteiger partial charge is 0.465 e. The van der Waals surface area contributed by atoms with Crippen LogP contribution in [0.5, 0.6) is 5.75 Å². The van der Waals surface area contributed by atoms with E-state index in [0.29, 0.717) is 18.9 Å². The van der Waals surface area contributed by atoms with Crippen LogP contribution in [0, 0.1) is 5.92 Å². The third-order valence-corrected chi connectivity index (χ3v) is 8.36. The molecule has 0 aliphatic heterocycles. The van der Waals surface area contributed by atoms with Crippen molar-refractivity contribution in [3.05, 3.63) is 29.8 Å². The molecule has 1 aromatic rings. The van der Waals surface area contributed by atoms with Crippen LogP contribution < -0.4 is 9.50 Å². The summed E-state index contributed by atoms with van der Waals surface area (Å²) in [5, 5.41) is -10.5. The van der Waals surface area contributed by atoms with Gasteiger partial charge in [-0.25, -0.2) is 8.42 Å². The topological polar surface area (TPSA) is 133 Å². The summed E-state index contributed by atoms with van der Waals surface area (Å²) < 4.78 is 138. The van der Waals surface area contributed by atoms with Gasteiger partial charge in [-0.2, -0.15) is 34.8 Å². The summed E-state index contributed by atoms with van der Waals surface area (Å²) >= 11 is 0. The molecule has 1 amide bonds. The van der Waals surface area contributed by atoms with Gasteiger partial charge in [0.25, 0.3) is 0 Å². The molecule has 0 aromatic heterocycles. The molecule has 0 bridgehead atoms. The van der Waals surface area contributed by atoms with Crippen molar-refractivity contribution in [3.8, 4) is 5.75 Å². The van der Waals surface area contributed by atoms with E-state index in [-0.39, 0.29) is 31.9 Å². The maximum Gasteiger partial charge on any atom is 0.450 e. The van der Waals surface area contributed by atoms with Crippen molar-refractivity contribution in [2.75, 3.05) is 18.9 Å². The predicted molar refractivity (Wildman–Crippen MR) is 122 cm³/mol. The molecule has 38 heavy (non-hydrogen) atoms. The molecule has 1 rings (SSSR count). The first-order valence-corrected chi connectivity index (χ1v) is 14.2. The van der Waals surface area contributed by atoms with Crippen LogP contribution in [0.2, 0.25) is 0 Å². The highest BCUT2D eigenvalue weighted by atomic mass is 32.2. The molecular formula is C21H27F6NO8S2.